The Labute approximate surface area is 147 Å². The van der Waals surface area contributed by atoms with E-state index in [1.807, 2.05) is 39.0 Å². The highest BCUT2D eigenvalue weighted by Gasteiger charge is 2.29. The van der Waals surface area contributed by atoms with E-state index in [2.05, 4.69) is 0 Å². The molecule has 0 heterocycles. The predicted molar refractivity (Wildman–Crippen MR) is 95.0 cm³/mol. The maximum atomic E-state index is 13.6. The van der Waals surface area contributed by atoms with Crippen molar-refractivity contribution in [2.45, 2.75) is 33.7 Å². The van der Waals surface area contributed by atoms with Gasteiger partial charge < -0.3 is 15.2 Å². The van der Waals surface area contributed by atoms with Gasteiger partial charge in [0.05, 0.1) is 12.5 Å². The number of halogens is 1. The summed E-state index contributed by atoms with van der Waals surface area (Å²) < 4.78 is 24.2. The van der Waals surface area contributed by atoms with Gasteiger partial charge >= 0.3 is 5.97 Å². The summed E-state index contributed by atoms with van der Waals surface area (Å²) in [6.45, 7) is 5.90. The van der Waals surface area contributed by atoms with Crippen LogP contribution in [-0.2, 0) is 22.5 Å². The van der Waals surface area contributed by atoms with Gasteiger partial charge in [0, 0.05) is 12.6 Å². The van der Waals surface area contributed by atoms with Crippen molar-refractivity contribution in [2.24, 2.45) is 11.1 Å². The molecular weight excluding hydrogens is 321 g/mol. The first-order chi connectivity index (χ1) is 11.7. The number of rotatable bonds is 6. The monoisotopic (exact) mass is 345 g/mol. The van der Waals surface area contributed by atoms with E-state index in [-0.39, 0.29) is 18.3 Å². The molecule has 0 amide bonds. The minimum absolute atomic E-state index is 0.245. The molecule has 0 atom stereocenters. The van der Waals surface area contributed by atoms with E-state index in [0.29, 0.717) is 23.5 Å². The normalized spacial score (nSPS) is 11.3. The Bertz CT molecular complexity index is 772. The Balaban J connectivity index is 2.19. The van der Waals surface area contributed by atoms with Crippen LogP contribution in [0.25, 0.3) is 0 Å². The van der Waals surface area contributed by atoms with Crippen LogP contribution < -0.4 is 10.5 Å². The van der Waals surface area contributed by atoms with Crippen molar-refractivity contribution in [1.29, 1.82) is 0 Å². The number of esters is 1. The van der Waals surface area contributed by atoms with E-state index in [1.165, 1.54) is 19.2 Å². The summed E-state index contributed by atoms with van der Waals surface area (Å²) in [5.74, 6) is 0.376. The van der Waals surface area contributed by atoms with Crippen LogP contribution in [0, 0.1) is 18.2 Å². The summed E-state index contributed by atoms with van der Waals surface area (Å²) in [4.78, 5) is 11.9. The molecule has 0 aromatic heterocycles. The van der Waals surface area contributed by atoms with Crippen molar-refractivity contribution in [1.82, 2.24) is 0 Å². The molecule has 0 aliphatic carbocycles. The number of aryl methyl sites for hydroxylation is 1. The smallest absolute Gasteiger partial charge is 0.311 e. The van der Waals surface area contributed by atoms with Crippen molar-refractivity contribution in [3.8, 4) is 11.5 Å². The lowest BCUT2D eigenvalue weighted by Gasteiger charge is -2.22. The predicted octanol–water partition coefficient (Wildman–Crippen LogP) is 4.13. The molecule has 0 bridgehead atoms. The van der Waals surface area contributed by atoms with Crippen LogP contribution in [-0.4, -0.2) is 13.1 Å². The van der Waals surface area contributed by atoms with Crippen LogP contribution in [0.1, 0.15) is 30.5 Å². The van der Waals surface area contributed by atoms with Gasteiger partial charge in [-0.3, -0.25) is 4.79 Å². The highest BCUT2D eigenvalue weighted by atomic mass is 19.1. The van der Waals surface area contributed by atoms with Crippen LogP contribution in [0.4, 0.5) is 4.39 Å². The largest absolute Gasteiger partial charge is 0.469 e. The first-order valence-corrected chi connectivity index (χ1v) is 8.10. The number of carbonyl (C=O) groups is 1. The number of ether oxygens (including phenoxy) is 2. The van der Waals surface area contributed by atoms with Crippen molar-refractivity contribution in [3.05, 3.63) is 58.9 Å². The SMILES string of the molecule is COC(=O)C(C)(C)Cc1ccc(Oc2cc(F)cc(CN)c2)cc1C. The van der Waals surface area contributed by atoms with Crippen molar-refractivity contribution in [2.75, 3.05) is 7.11 Å². The van der Waals surface area contributed by atoms with Crippen LogP contribution in [0.5, 0.6) is 11.5 Å². The molecule has 4 nitrogen and oxygen atoms in total. The fourth-order valence-corrected chi connectivity index (χ4v) is 2.69. The van der Waals surface area contributed by atoms with E-state index < -0.39 is 5.41 Å². The second-order valence-corrected chi connectivity index (χ2v) is 6.74. The molecule has 0 spiro atoms. The summed E-state index contributed by atoms with van der Waals surface area (Å²) in [6, 6.07) is 10.0. The molecule has 0 saturated carbocycles. The fourth-order valence-electron chi connectivity index (χ4n) is 2.69. The number of hydrogen-bond acceptors (Lipinski definition) is 4. The van der Waals surface area contributed by atoms with Gasteiger partial charge in [0.2, 0.25) is 0 Å². The van der Waals surface area contributed by atoms with Gasteiger partial charge in [-0.05, 0) is 68.1 Å². The zero-order chi connectivity index (χ0) is 18.6. The number of hydrogen-bond donors (Lipinski definition) is 1. The minimum Gasteiger partial charge on any atom is -0.469 e. The molecule has 0 aliphatic heterocycles. The standard InChI is InChI=1S/C20H24FNO3/c1-13-7-17(25-18-9-14(12-22)8-16(21)10-18)6-5-15(13)11-20(2,3)19(23)24-4/h5-10H,11-12,22H2,1-4H3. The Morgan fingerprint density at radius 3 is 2.48 bits per heavy atom. The second-order valence-electron chi connectivity index (χ2n) is 6.74. The minimum atomic E-state index is -0.611. The van der Waals surface area contributed by atoms with Gasteiger partial charge in [-0.1, -0.05) is 6.07 Å². The maximum absolute atomic E-state index is 13.6. The second kappa shape index (κ2) is 7.66. The van der Waals surface area contributed by atoms with Crippen LogP contribution in [0.2, 0.25) is 0 Å². The third-order valence-electron chi connectivity index (χ3n) is 4.09. The van der Waals surface area contributed by atoms with Gasteiger partial charge in [-0.25, -0.2) is 4.39 Å². The van der Waals surface area contributed by atoms with E-state index in [0.717, 1.165) is 11.1 Å². The van der Waals surface area contributed by atoms with Gasteiger partial charge in [0.25, 0.3) is 0 Å². The van der Waals surface area contributed by atoms with E-state index in [9.17, 15) is 9.18 Å². The van der Waals surface area contributed by atoms with E-state index >= 15 is 0 Å². The van der Waals surface area contributed by atoms with Gasteiger partial charge in [0.15, 0.2) is 0 Å². The van der Waals surface area contributed by atoms with E-state index in [4.69, 9.17) is 15.2 Å². The molecule has 0 saturated heterocycles. The molecule has 0 unspecified atom stereocenters. The summed E-state index contributed by atoms with van der Waals surface area (Å²) in [7, 11) is 1.39. The van der Waals surface area contributed by atoms with Gasteiger partial charge in [0.1, 0.15) is 17.3 Å². The average Bonchev–Trinajstić information content (AvgIpc) is 2.55. The highest BCUT2D eigenvalue weighted by Crippen LogP contribution is 2.29. The number of nitrogens with two attached hydrogens (primary N) is 1. The first kappa shape index (κ1) is 18.9. The van der Waals surface area contributed by atoms with Crippen molar-refractivity contribution >= 4 is 5.97 Å². The zero-order valence-electron chi connectivity index (χ0n) is 15.1. The number of methoxy groups -OCH3 is 1. The number of carbonyl (C=O) groups excluding carboxylic acids is 1. The molecule has 25 heavy (non-hydrogen) atoms. The molecule has 2 aromatic carbocycles. The molecule has 134 valence electrons. The molecule has 2 aromatic rings. The fraction of sp³-hybridized carbons (Fsp3) is 0.350. The molecule has 2 N–H and O–H groups in total. The maximum Gasteiger partial charge on any atom is 0.311 e. The van der Waals surface area contributed by atoms with Crippen molar-refractivity contribution < 1.29 is 18.7 Å². The lowest BCUT2D eigenvalue weighted by Crippen LogP contribution is -2.28. The Kier molecular flexibility index (Phi) is 5.80. The zero-order valence-corrected chi connectivity index (χ0v) is 15.1. The summed E-state index contributed by atoms with van der Waals surface area (Å²) in [5.41, 5.74) is 7.64. The van der Waals surface area contributed by atoms with Crippen LogP contribution in [0.15, 0.2) is 36.4 Å². The first-order valence-electron chi connectivity index (χ1n) is 8.10. The van der Waals surface area contributed by atoms with Crippen LogP contribution in [0.3, 0.4) is 0 Å². The third-order valence-corrected chi connectivity index (χ3v) is 4.09. The average molecular weight is 345 g/mol. The lowest BCUT2D eigenvalue weighted by molar-refractivity contribution is -0.150. The van der Waals surface area contributed by atoms with E-state index in [1.54, 1.807) is 6.07 Å². The van der Waals surface area contributed by atoms with Gasteiger partial charge in [-0.15, -0.1) is 0 Å². The topological polar surface area (TPSA) is 61.5 Å². The van der Waals surface area contributed by atoms with Crippen molar-refractivity contribution in [3.63, 3.8) is 0 Å². The quantitative estimate of drug-likeness (QED) is 0.800. The summed E-state index contributed by atoms with van der Waals surface area (Å²) >= 11 is 0. The van der Waals surface area contributed by atoms with Gasteiger partial charge in [-0.2, -0.15) is 0 Å². The Hall–Kier alpha value is -2.40. The lowest BCUT2D eigenvalue weighted by atomic mass is 9.84. The highest BCUT2D eigenvalue weighted by molar-refractivity contribution is 5.76. The molecular formula is C20H24FNO3. The summed E-state index contributed by atoms with van der Waals surface area (Å²) in [5, 5.41) is 0. The molecule has 0 fully saturated rings. The summed E-state index contributed by atoms with van der Waals surface area (Å²) in [6.07, 6.45) is 0.559. The molecule has 5 heteroatoms. The Morgan fingerprint density at radius 1 is 1.16 bits per heavy atom. The molecule has 2 rings (SSSR count). The van der Waals surface area contributed by atoms with Crippen LogP contribution >= 0.6 is 0 Å². The molecule has 0 radical (unpaired) electrons. The molecule has 0 aliphatic rings. The Morgan fingerprint density at radius 2 is 1.88 bits per heavy atom. The number of benzene rings is 2. The third kappa shape index (κ3) is 4.79.